The Bertz CT molecular complexity index is 719. The molecule has 1 aromatic carbocycles. The van der Waals surface area contributed by atoms with Gasteiger partial charge in [0.15, 0.2) is 0 Å². The van der Waals surface area contributed by atoms with Crippen LogP contribution in [-0.4, -0.2) is 0 Å². The zero-order valence-corrected chi connectivity index (χ0v) is 13.5. The molecule has 0 bridgehead atoms. The van der Waals surface area contributed by atoms with Crippen LogP contribution in [0.1, 0.15) is 32.3 Å². The number of allylic oxidation sites excluding steroid dienone is 5. The van der Waals surface area contributed by atoms with Crippen LogP contribution in [0.25, 0.3) is 6.08 Å². The zero-order chi connectivity index (χ0) is 16.2. The van der Waals surface area contributed by atoms with Gasteiger partial charge in [0.1, 0.15) is 17.7 Å². The molecule has 0 aromatic heterocycles. The minimum Gasteiger partial charge on any atom is -0.192 e. The van der Waals surface area contributed by atoms with Crippen molar-refractivity contribution in [1.82, 2.24) is 0 Å². The molecule has 0 heterocycles. The number of nitriles is 2. The highest BCUT2D eigenvalue weighted by atomic mass is 35.5. The molecule has 1 aliphatic carbocycles. The van der Waals surface area contributed by atoms with E-state index in [2.05, 4.69) is 19.9 Å². The molecule has 0 aliphatic heterocycles. The van der Waals surface area contributed by atoms with Crippen LogP contribution < -0.4 is 0 Å². The molecule has 0 saturated heterocycles. The van der Waals surface area contributed by atoms with Crippen LogP contribution in [0.4, 0.5) is 0 Å². The standard InChI is InChI=1S/C19H17ClN2/c1-19(2)10-15(9-16(11-19)17(12-21)13-22)4-3-14-5-7-18(20)8-6-14/h3-9H,10-11H2,1-2H3. The maximum atomic E-state index is 9.08. The van der Waals surface area contributed by atoms with E-state index in [1.54, 1.807) is 0 Å². The summed E-state index contributed by atoms with van der Waals surface area (Å²) in [6.45, 7) is 4.31. The Morgan fingerprint density at radius 1 is 1.09 bits per heavy atom. The van der Waals surface area contributed by atoms with Crippen molar-refractivity contribution in [3.05, 3.63) is 63.7 Å². The first-order valence-corrected chi connectivity index (χ1v) is 7.49. The molecular weight excluding hydrogens is 292 g/mol. The SMILES string of the molecule is CC1(C)CC(C=Cc2ccc(Cl)cc2)=CC(=C(C#N)C#N)C1. The number of benzene rings is 1. The van der Waals surface area contributed by atoms with Crippen LogP contribution in [-0.2, 0) is 0 Å². The number of halogens is 1. The van der Waals surface area contributed by atoms with Gasteiger partial charge in [-0.15, -0.1) is 0 Å². The summed E-state index contributed by atoms with van der Waals surface area (Å²) in [5.74, 6) is 0. The van der Waals surface area contributed by atoms with Crippen LogP contribution in [0, 0.1) is 28.1 Å². The highest BCUT2D eigenvalue weighted by Crippen LogP contribution is 2.39. The first-order valence-electron chi connectivity index (χ1n) is 7.11. The largest absolute Gasteiger partial charge is 0.192 e. The summed E-state index contributed by atoms with van der Waals surface area (Å²) in [4.78, 5) is 0. The van der Waals surface area contributed by atoms with Crippen molar-refractivity contribution in [3.63, 3.8) is 0 Å². The molecular formula is C19H17ClN2. The Kier molecular flexibility index (Phi) is 4.86. The molecule has 0 saturated carbocycles. The second-order valence-electron chi connectivity index (χ2n) is 6.25. The van der Waals surface area contributed by atoms with Crippen molar-refractivity contribution < 1.29 is 0 Å². The highest BCUT2D eigenvalue weighted by Gasteiger charge is 2.26. The van der Waals surface area contributed by atoms with Gasteiger partial charge in [-0.3, -0.25) is 0 Å². The summed E-state index contributed by atoms with van der Waals surface area (Å²) in [7, 11) is 0. The maximum absolute atomic E-state index is 9.08. The monoisotopic (exact) mass is 308 g/mol. The second-order valence-corrected chi connectivity index (χ2v) is 6.68. The van der Waals surface area contributed by atoms with Crippen molar-refractivity contribution in [2.24, 2.45) is 5.41 Å². The van der Waals surface area contributed by atoms with Crippen molar-refractivity contribution in [3.8, 4) is 12.1 Å². The van der Waals surface area contributed by atoms with E-state index in [-0.39, 0.29) is 11.0 Å². The Labute approximate surface area is 136 Å². The molecule has 0 fully saturated rings. The molecule has 0 unspecified atom stereocenters. The molecule has 0 amide bonds. The first-order chi connectivity index (χ1) is 10.4. The van der Waals surface area contributed by atoms with Crippen LogP contribution in [0.15, 0.2) is 53.1 Å². The Hall–Kier alpha value is -2.29. The molecule has 2 nitrogen and oxygen atoms in total. The predicted molar refractivity (Wildman–Crippen MR) is 89.8 cm³/mol. The smallest absolute Gasteiger partial charge is 0.132 e. The van der Waals surface area contributed by atoms with E-state index >= 15 is 0 Å². The third kappa shape index (κ3) is 4.10. The number of nitrogens with zero attached hydrogens (tertiary/aromatic N) is 2. The van der Waals surface area contributed by atoms with E-state index < -0.39 is 0 Å². The fraction of sp³-hybridized carbons (Fsp3) is 0.263. The van der Waals surface area contributed by atoms with E-state index in [0.29, 0.717) is 5.02 Å². The summed E-state index contributed by atoms with van der Waals surface area (Å²) >= 11 is 5.88. The van der Waals surface area contributed by atoms with E-state index in [0.717, 1.165) is 29.6 Å². The van der Waals surface area contributed by atoms with Crippen LogP contribution in [0.2, 0.25) is 5.02 Å². The normalized spacial score (nSPS) is 16.8. The van der Waals surface area contributed by atoms with Gasteiger partial charge >= 0.3 is 0 Å². The molecule has 0 spiro atoms. The summed E-state index contributed by atoms with van der Waals surface area (Å²) in [6, 6.07) is 11.6. The quantitative estimate of drug-likeness (QED) is 0.683. The number of hydrogen-bond acceptors (Lipinski definition) is 2. The third-order valence-electron chi connectivity index (χ3n) is 3.62. The van der Waals surface area contributed by atoms with Crippen LogP contribution in [0.3, 0.4) is 0 Å². The minimum atomic E-state index is 0.0443. The summed E-state index contributed by atoms with van der Waals surface area (Å²) in [5, 5.41) is 18.9. The lowest BCUT2D eigenvalue weighted by molar-refractivity contribution is 0.354. The first kappa shape index (κ1) is 16.1. The van der Waals surface area contributed by atoms with Gasteiger partial charge in [-0.2, -0.15) is 10.5 Å². The van der Waals surface area contributed by atoms with E-state index in [1.165, 1.54) is 0 Å². The molecule has 0 atom stereocenters. The lowest BCUT2D eigenvalue weighted by atomic mass is 9.74. The van der Waals surface area contributed by atoms with E-state index in [4.69, 9.17) is 22.1 Å². The molecule has 1 aliphatic rings. The molecule has 110 valence electrons. The average molecular weight is 309 g/mol. The Balaban J connectivity index is 2.33. The minimum absolute atomic E-state index is 0.0443. The zero-order valence-electron chi connectivity index (χ0n) is 12.7. The van der Waals surface area contributed by atoms with Crippen molar-refractivity contribution in [2.75, 3.05) is 0 Å². The third-order valence-corrected chi connectivity index (χ3v) is 3.87. The van der Waals surface area contributed by atoms with Gasteiger partial charge in [-0.05, 0) is 47.1 Å². The molecule has 22 heavy (non-hydrogen) atoms. The average Bonchev–Trinajstić information content (AvgIpc) is 2.46. The molecule has 0 N–H and O–H groups in total. The number of hydrogen-bond donors (Lipinski definition) is 0. The summed E-state index contributed by atoms with van der Waals surface area (Å²) in [5.41, 5.74) is 3.29. The van der Waals surface area contributed by atoms with Gasteiger partial charge in [0.2, 0.25) is 0 Å². The summed E-state index contributed by atoms with van der Waals surface area (Å²) < 4.78 is 0. The topological polar surface area (TPSA) is 47.6 Å². The highest BCUT2D eigenvalue weighted by molar-refractivity contribution is 6.30. The lowest BCUT2D eigenvalue weighted by Gasteiger charge is -2.30. The molecule has 1 aromatic rings. The van der Waals surface area contributed by atoms with Gasteiger partial charge in [0.25, 0.3) is 0 Å². The van der Waals surface area contributed by atoms with Gasteiger partial charge in [0, 0.05) is 5.02 Å². The van der Waals surface area contributed by atoms with Crippen LogP contribution >= 0.6 is 11.6 Å². The summed E-state index contributed by atoms with van der Waals surface area (Å²) in [6.07, 6.45) is 7.72. The fourth-order valence-electron chi connectivity index (χ4n) is 2.67. The maximum Gasteiger partial charge on any atom is 0.132 e. The molecule has 3 heteroatoms. The second kappa shape index (κ2) is 6.65. The van der Waals surface area contributed by atoms with Gasteiger partial charge in [-0.25, -0.2) is 0 Å². The molecule has 0 radical (unpaired) electrons. The Morgan fingerprint density at radius 2 is 1.73 bits per heavy atom. The van der Waals surface area contributed by atoms with Crippen molar-refractivity contribution >= 4 is 17.7 Å². The Morgan fingerprint density at radius 3 is 2.32 bits per heavy atom. The van der Waals surface area contributed by atoms with Gasteiger partial charge < -0.3 is 0 Å². The van der Waals surface area contributed by atoms with Crippen molar-refractivity contribution in [2.45, 2.75) is 26.7 Å². The van der Waals surface area contributed by atoms with Crippen molar-refractivity contribution in [1.29, 1.82) is 10.5 Å². The predicted octanol–water partition coefficient (Wildman–Crippen LogP) is 5.44. The van der Waals surface area contributed by atoms with Crippen LogP contribution in [0.5, 0.6) is 0 Å². The van der Waals surface area contributed by atoms with Gasteiger partial charge in [-0.1, -0.05) is 55.8 Å². The number of rotatable bonds is 2. The van der Waals surface area contributed by atoms with Gasteiger partial charge in [0.05, 0.1) is 0 Å². The van der Waals surface area contributed by atoms with E-state index in [1.807, 2.05) is 48.6 Å². The lowest BCUT2D eigenvalue weighted by Crippen LogP contribution is -2.17. The molecule has 2 rings (SSSR count). The fourth-order valence-corrected chi connectivity index (χ4v) is 2.80. The van der Waals surface area contributed by atoms with E-state index in [9.17, 15) is 0 Å².